The van der Waals surface area contributed by atoms with Crippen LogP contribution in [0, 0.1) is 0 Å². The number of nitrogens with zero attached hydrogens (tertiary/aromatic N) is 4. The summed E-state index contributed by atoms with van der Waals surface area (Å²) in [6, 6.07) is 3.60. The van der Waals surface area contributed by atoms with Gasteiger partial charge in [-0.3, -0.25) is 13.9 Å². The van der Waals surface area contributed by atoms with Crippen LogP contribution in [0.1, 0.15) is 11.4 Å². The molecule has 0 N–H and O–H groups in total. The molecular formula is C19H22N4O5. The lowest BCUT2D eigenvalue weighted by Gasteiger charge is -2.12. The second kappa shape index (κ2) is 7.26. The Balaban J connectivity index is 2.14. The Labute approximate surface area is 161 Å². The smallest absolute Gasteiger partial charge is 0.332 e. The van der Waals surface area contributed by atoms with E-state index in [9.17, 15) is 9.59 Å². The highest BCUT2D eigenvalue weighted by atomic mass is 16.5. The molecule has 0 aliphatic carbocycles. The molecule has 2 aromatic heterocycles. The van der Waals surface area contributed by atoms with Crippen molar-refractivity contribution in [3.63, 3.8) is 0 Å². The average molecular weight is 385 g/mol. The van der Waals surface area contributed by atoms with E-state index in [0.717, 1.165) is 10.1 Å². The van der Waals surface area contributed by atoms with Crippen LogP contribution in [0.2, 0.25) is 0 Å². The van der Waals surface area contributed by atoms with Crippen LogP contribution in [0.4, 0.5) is 0 Å². The highest BCUT2D eigenvalue weighted by molar-refractivity contribution is 5.77. The fraction of sp³-hybridized carbons (Fsp3) is 0.316. The average Bonchev–Trinajstić information content (AvgIpc) is 3.04. The number of rotatable bonds is 5. The number of fused-ring (bicyclic) bond motifs is 1. The standard InChI is InChI=1S/C19H22N4O5/c1-21-14(20-17-15(21)18(24)23(3)19(25)22(17)2)8-7-11-9-12(26-4)16(28-6)13(10-11)27-5/h7-10H,1-6H3/b8-7+/i1-1. The van der Waals surface area contributed by atoms with Crippen molar-refractivity contribution in [2.75, 3.05) is 21.3 Å². The number of imidazole rings is 1. The molecular weight excluding hydrogens is 363 g/mol. The first-order valence-corrected chi connectivity index (χ1v) is 8.44. The molecule has 3 aromatic rings. The van der Waals surface area contributed by atoms with Gasteiger partial charge in [-0.15, -0.1) is 0 Å². The van der Waals surface area contributed by atoms with Crippen molar-refractivity contribution < 1.29 is 14.2 Å². The van der Waals surface area contributed by atoms with Crippen LogP contribution in [0.3, 0.4) is 0 Å². The van der Waals surface area contributed by atoms with E-state index >= 15 is 0 Å². The van der Waals surface area contributed by atoms with Gasteiger partial charge in [0.15, 0.2) is 22.7 Å². The molecule has 0 radical (unpaired) electrons. The first kappa shape index (κ1) is 19.3. The molecule has 0 spiro atoms. The summed E-state index contributed by atoms with van der Waals surface area (Å²) in [5, 5.41) is 0. The maximum absolute atomic E-state index is 12.5. The molecule has 0 fully saturated rings. The Morgan fingerprint density at radius 3 is 2.00 bits per heavy atom. The largest absolute Gasteiger partial charge is 0.493 e. The molecule has 148 valence electrons. The molecule has 0 unspecified atom stereocenters. The maximum Gasteiger partial charge on any atom is 0.332 e. The van der Waals surface area contributed by atoms with E-state index in [4.69, 9.17) is 14.2 Å². The summed E-state index contributed by atoms with van der Waals surface area (Å²) in [7, 11) is 9.40. The summed E-state index contributed by atoms with van der Waals surface area (Å²) >= 11 is 0. The summed E-state index contributed by atoms with van der Waals surface area (Å²) in [6.07, 6.45) is 3.57. The monoisotopic (exact) mass is 385 g/mol. The van der Waals surface area contributed by atoms with E-state index in [1.165, 1.54) is 11.6 Å². The molecule has 0 bridgehead atoms. The third-order valence-corrected chi connectivity index (χ3v) is 4.62. The van der Waals surface area contributed by atoms with Gasteiger partial charge in [-0.2, -0.15) is 0 Å². The van der Waals surface area contributed by atoms with Gasteiger partial charge < -0.3 is 18.8 Å². The number of aryl methyl sites for hydroxylation is 2. The second-order valence-corrected chi connectivity index (χ2v) is 6.20. The molecule has 0 amide bonds. The molecule has 28 heavy (non-hydrogen) atoms. The molecule has 0 aliphatic heterocycles. The van der Waals surface area contributed by atoms with E-state index in [1.807, 2.05) is 6.08 Å². The summed E-state index contributed by atoms with van der Waals surface area (Å²) in [5.74, 6) is 2.09. The van der Waals surface area contributed by atoms with E-state index in [1.54, 1.807) is 58.2 Å². The molecule has 9 heteroatoms. The van der Waals surface area contributed by atoms with E-state index in [0.29, 0.717) is 34.2 Å². The number of methoxy groups -OCH3 is 3. The highest BCUT2D eigenvalue weighted by Crippen LogP contribution is 2.38. The molecule has 0 saturated heterocycles. The molecule has 0 aliphatic rings. The Morgan fingerprint density at radius 2 is 1.46 bits per heavy atom. The zero-order valence-corrected chi connectivity index (χ0v) is 16.6. The highest BCUT2D eigenvalue weighted by Gasteiger charge is 2.16. The molecule has 9 nitrogen and oxygen atoms in total. The summed E-state index contributed by atoms with van der Waals surface area (Å²) < 4.78 is 20.1. The fourth-order valence-electron chi connectivity index (χ4n) is 3.05. The van der Waals surface area contributed by atoms with Crippen LogP contribution in [-0.2, 0) is 21.1 Å². The van der Waals surface area contributed by atoms with Crippen LogP contribution < -0.4 is 25.5 Å². The van der Waals surface area contributed by atoms with Crippen molar-refractivity contribution in [3.05, 3.63) is 44.4 Å². The minimum atomic E-state index is -0.421. The molecule has 2 heterocycles. The molecule has 1 aromatic carbocycles. The Hall–Kier alpha value is -3.49. The zero-order chi connectivity index (χ0) is 20.6. The quantitative estimate of drug-likeness (QED) is 0.655. The summed E-state index contributed by atoms with van der Waals surface area (Å²) in [5.41, 5.74) is 0.675. The van der Waals surface area contributed by atoms with Crippen molar-refractivity contribution in [1.29, 1.82) is 0 Å². The van der Waals surface area contributed by atoms with E-state index in [2.05, 4.69) is 4.98 Å². The SMILES string of the molecule is COc1cc(/C=C/c2nc3c(c(=O)n(C)c(=O)n3C)n2[11CH3])cc(OC)c1OC. The topological polar surface area (TPSA) is 89.5 Å². The van der Waals surface area contributed by atoms with Gasteiger partial charge >= 0.3 is 5.69 Å². The Bertz CT molecular complexity index is 1170. The van der Waals surface area contributed by atoms with Crippen molar-refractivity contribution in [1.82, 2.24) is 18.7 Å². The Kier molecular flexibility index (Phi) is 5.00. The summed E-state index contributed by atoms with van der Waals surface area (Å²) in [6.45, 7) is 0. The maximum atomic E-state index is 12.5. The first-order chi connectivity index (χ1) is 13.3. The third kappa shape index (κ3) is 2.94. The lowest BCUT2D eigenvalue weighted by atomic mass is 10.1. The second-order valence-electron chi connectivity index (χ2n) is 6.20. The van der Waals surface area contributed by atoms with Gasteiger partial charge in [0.2, 0.25) is 5.75 Å². The molecule has 0 saturated carbocycles. The van der Waals surface area contributed by atoms with Gasteiger partial charge in [-0.05, 0) is 23.8 Å². The Morgan fingerprint density at radius 1 is 0.857 bits per heavy atom. The minimum absolute atomic E-state index is 0.333. The zero-order valence-electron chi connectivity index (χ0n) is 16.6. The fourth-order valence-corrected chi connectivity index (χ4v) is 3.05. The van der Waals surface area contributed by atoms with Crippen LogP contribution >= 0.6 is 0 Å². The van der Waals surface area contributed by atoms with Gasteiger partial charge in [0.1, 0.15) is 5.82 Å². The first-order valence-electron chi connectivity index (χ1n) is 8.44. The number of aromatic nitrogens is 4. The van der Waals surface area contributed by atoms with Crippen LogP contribution in [0.5, 0.6) is 17.2 Å². The van der Waals surface area contributed by atoms with Crippen LogP contribution in [0.25, 0.3) is 23.3 Å². The van der Waals surface area contributed by atoms with Crippen molar-refractivity contribution in [2.24, 2.45) is 21.1 Å². The third-order valence-electron chi connectivity index (χ3n) is 4.62. The van der Waals surface area contributed by atoms with Crippen molar-refractivity contribution in [3.8, 4) is 17.2 Å². The van der Waals surface area contributed by atoms with E-state index in [-0.39, 0.29) is 5.56 Å². The van der Waals surface area contributed by atoms with Crippen LogP contribution in [0.15, 0.2) is 21.7 Å². The van der Waals surface area contributed by atoms with Crippen LogP contribution in [-0.4, -0.2) is 40.0 Å². The van der Waals surface area contributed by atoms with Gasteiger partial charge in [0, 0.05) is 21.1 Å². The van der Waals surface area contributed by atoms with E-state index < -0.39 is 5.69 Å². The van der Waals surface area contributed by atoms with Gasteiger partial charge in [0.25, 0.3) is 5.56 Å². The summed E-state index contributed by atoms with van der Waals surface area (Å²) in [4.78, 5) is 29.0. The number of hydrogen-bond acceptors (Lipinski definition) is 6. The van der Waals surface area contributed by atoms with Crippen molar-refractivity contribution >= 4 is 23.3 Å². The van der Waals surface area contributed by atoms with Crippen molar-refractivity contribution in [2.45, 2.75) is 0 Å². The predicted octanol–water partition coefficient (Wildman–Crippen LogP) is 1.17. The minimum Gasteiger partial charge on any atom is -0.493 e. The lowest BCUT2D eigenvalue weighted by molar-refractivity contribution is 0.324. The normalized spacial score (nSPS) is 11.4. The van der Waals surface area contributed by atoms with Gasteiger partial charge in [-0.1, -0.05) is 6.08 Å². The number of benzene rings is 1. The molecule has 0 atom stereocenters. The van der Waals surface area contributed by atoms with Gasteiger partial charge in [0.05, 0.1) is 21.3 Å². The lowest BCUT2D eigenvalue weighted by Crippen LogP contribution is -2.37. The van der Waals surface area contributed by atoms with Gasteiger partial charge in [-0.25, -0.2) is 9.78 Å². The number of hydrogen-bond donors (Lipinski definition) is 0. The molecule has 3 rings (SSSR count). The number of ether oxygens (including phenoxy) is 3. The predicted molar refractivity (Wildman–Crippen MR) is 106 cm³/mol.